The summed E-state index contributed by atoms with van der Waals surface area (Å²) < 4.78 is 6.83. The van der Waals surface area contributed by atoms with Gasteiger partial charge in [-0.3, -0.25) is 10.1 Å². The molecule has 0 aromatic carbocycles. The second kappa shape index (κ2) is 5.58. The molecule has 0 aliphatic carbocycles. The first-order valence-corrected chi connectivity index (χ1v) is 7.06. The molecule has 0 radical (unpaired) electrons. The van der Waals surface area contributed by atoms with Crippen molar-refractivity contribution in [3.8, 4) is 0 Å². The third-order valence-corrected chi connectivity index (χ3v) is 3.70. The molecular weight excluding hydrogens is 290 g/mol. The lowest BCUT2D eigenvalue weighted by Crippen LogP contribution is -2.12. The Labute approximate surface area is 124 Å². The summed E-state index contributed by atoms with van der Waals surface area (Å²) in [6, 6.07) is 5.71. The molecule has 3 heterocycles. The molecule has 1 amide bonds. The van der Waals surface area contributed by atoms with E-state index in [9.17, 15) is 4.79 Å². The quantitative estimate of drug-likeness (QED) is 0.796. The number of anilines is 1. The summed E-state index contributed by atoms with van der Waals surface area (Å²) >= 11 is 1.28. The number of carbonyl (C=O) groups is 1. The number of amides is 1. The second-order valence-electron chi connectivity index (χ2n) is 4.41. The van der Waals surface area contributed by atoms with Crippen LogP contribution in [-0.4, -0.2) is 32.6 Å². The van der Waals surface area contributed by atoms with Gasteiger partial charge in [-0.2, -0.15) is 0 Å². The van der Waals surface area contributed by atoms with Gasteiger partial charge in [-0.25, -0.2) is 4.98 Å². The molecule has 0 atom stereocenters. The maximum absolute atomic E-state index is 12.2. The van der Waals surface area contributed by atoms with Gasteiger partial charge >= 0.3 is 0 Å². The standard InChI is InChI=1S/C13H13N5O2S/c1-8-4-3-5-10-14-9(6-18(8)10)12(19)15-13-17-16-11(21-13)7-20-2/h3-6H,7H2,1-2H3,(H,15,17,19). The molecule has 0 aliphatic rings. The van der Waals surface area contributed by atoms with Crippen LogP contribution >= 0.6 is 11.3 Å². The predicted octanol–water partition coefficient (Wildman–Crippen LogP) is 1.89. The maximum atomic E-state index is 12.2. The number of aromatic nitrogens is 4. The van der Waals surface area contributed by atoms with E-state index in [1.165, 1.54) is 11.3 Å². The van der Waals surface area contributed by atoms with Crippen molar-refractivity contribution in [2.75, 3.05) is 12.4 Å². The highest BCUT2D eigenvalue weighted by molar-refractivity contribution is 7.15. The van der Waals surface area contributed by atoms with Crippen LogP contribution in [0.1, 0.15) is 21.2 Å². The first kappa shape index (κ1) is 13.7. The minimum Gasteiger partial charge on any atom is -0.377 e. The molecule has 0 unspecified atom stereocenters. The van der Waals surface area contributed by atoms with E-state index in [0.29, 0.717) is 22.4 Å². The van der Waals surface area contributed by atoms with Crippen molar-refractivity contribution < 1.29 is 9.53 Å². The number of carbonyl (C=O) groups excluding carboxylic acids is 1. The lowest BCUT2D eigenvalue weighted by Gasteiger charge is -1.96. The number of hydrogen-bond acceptors (Lipinski definition) is 6. The molecule has 0 spiro atoms. The summed E-state index contributed by atoms with van der Waals surface area (Å²) in [4.78, 5) is 16.5. The largest absolute Gasteiger partial charge is 0.377 e. The van der Waals surface area contributed by atoms with E-state index in [4.69, 9.17) is 4.74 Å². The maximum Gasteiger partial charge on any atom is 0.277 e. The van der Waals surface area contributed by atoms with Crippen molar-refractivity contribution in [3.05, 3.63) is 40.8 Å². The van der Waals surface area contributed by atoms with Crippen LogP contribution in [0.15, 0.2) is 24.4 Å². The van der Waals surface area contributed by atoms with Gasteiger partial charge in [0.25, 0.3) is 5.91 Å². The number of methoxy groups -OCH3 is 1. The van der Waals surface area contributed by atoms with E-state index < -0.39 is 0 Å². The summed E-state index contributed by atoms with van der Waals surface area (Å²) in [5.41, 5.74) is 2.09. The fraction of sp³-hybridized carbons (Fsp3) is 0.231. The number of hydrogen-bond donors (Lipinski definition) is 1. The molecule has 108 valence electrons. The molecule has 8 heteroatoms. The van der Waals surface area contributed by atoms with Crippen LogP contribution in [0, 0.1) is 6.92 Å². The van der Waals surface area contributed by atoms with Crippen molar-refractivity contribution in [1.29, 1.82) is 0 Å². The topological polar surface area (TPSA) is 81.4 Å². The summed E-state index contributed by atoms with van der Waals surface area (Å²) in [6.07, 6.45) is 1.71. The Kier molecular flexibility index (Phi) is 3.63. The van der Waals surface area contributed by atoms with E-state index in [1.54, 1.807) is 13.3 Å². The molecule has 21 heavy (non-hydrogen) atoms. The van der Waals surface area contributed by atoms with E-state index in [-0.39, 0.29) is 5.91 Å². The molecule has 0 fully saturated rings. The van der Waals surface area contributed by atoms with Crippen molar-refractivity contribution >= 4 is 28.0 Å². The van der Waals surface area contributed by atoms with Gasteiger partial charge in [-0.05, 0) is 19.1 Å². The van der Waals surface area contributed by atoms with E-state index >= 15 is 0 Å². The first-order valence-electron chi connectivity index (χ1n) is 6.25. The molecular formula is C13H13N5O2S. The number of fused-ring (bicyclic) bond motifs is 1. The lowest BCUT2D eigenvalue weighted by molar-refractivity contribution is 0.102. The van der Waals surface area contributed by atoms with Gasteiger partial charge in [0.15, 0.2) is 0 Å². The predicted molar refractivity (Wildman–Crippen MR) is 78.5 cm³/mol. The van der Waals surface area contributed by atoms with E-state index in [2.05, 4.69) is 20.5 Å². The van der Waals surface area contributed by atoms with Gasteiger partial charge in [0.05, 0.1) is 0 Å². The Morgan fingerprint density at radius 1 is 1.43 bits per heavy atom. The monoisotopic (exact) mass is 303 g/mol. The average molecular weight is 303 g/mol. The van der Waals surface area contributed by atoms with Crippen molar-refractivity contribution in [2.24, 2.45) is 0 Å². The van der Waals surface area contributed by atoms with Gasteiger partial charge < -0.3 is 9.14 Å². The van der Waals surface area contributed by atoms with Crippen molar-refractivity contribution in [3.63, 3.8) is 0 Å². The molecule has 1 N–H and O–H groups in total. The molecule has 0 saturated heterocycles. The summed E-state index contributed by atoms with van der Waals surface area (Å²) in [6.45, 7) is 2.33. The molecule has 7 nitrogen and oxygen atoms in total. The zero-order valence-corrected chi connectivity index (χ0v) is 12.3. The van der Waals surface area contributed by atoms with Crippen LogP contribution < -0.4 is 5.32 Å². The molecule has 0 bridgehead atoms. The second-order valence-corrected chi connectivity index (χ2v) is 5.47. The number of aryl methyl sites for hydroxylation is 1. The van der Waals surface area contributed by atoms with Gasteiger partial charge in [0.2, 0.25) is 5.13 Å². The third kappa shape index (κ3) is 2.76. The molecule has 3 aromatic heterocycles. The fourth-order valence-corrected chi connectivity index (χ4v) is 2.61. The van der Waals surface area contributed by atoms with Crippen LogP contribution in [0.3, 0.4) is 0 Å². The molecule has 3 rings (SSSR count). The number of nitrogens with one attached hydrogen (secondary N) is 1. The Bertz CT molecular complexity index is 795. The van der Waals surface area contributed by atoms with E-state index in [0.717, 1.165) is 11.3 Å². The highest BCUT2D eigenvalue weighted by Gasteiger charge is 2.14. The van der Waals surface area contributed by atoms with Crippen LogP contribution in [0.5, 0.6) is 0 Å². The number of nitrogens with zero attached hydrogens (tertiary/aromatic N) is 4. The smallest absolute Gasteiger partial charge is 0.277 e. The normalized spacial score (nSPS) is 11.0. The number of rotatable bonds is 4. The van der Waals surface area contributed by atoms with Gasteiger partial charge in [-0.15, -0.1) is 10.2 Å². The minimum absolute atomic E-state index is 0.307. The Morgan fingerprint density at radius 3 is 3.05 bits per heavy atom. The van der Waals surface area contributed by atoms with Gasteiger partial charge in [-0.1, -0.05) is 17.4 Å². The van der Waals surface area contributed by atoms with Crippen LogP contribution in [-0.2, 0) is 11.3 Å². The molecule has 0 saturated carbocycles. The number of pyridine rings is 1. The van der Waals surface area contributed by atoms with Gasteiger partial charge in [0.1, 0.15) is 23.0 Å². The SMILES string of the molecule is COCc1nnc(NC(=O)c2cn3c(C)cccc3n2)s1. The Hall–Kier alpha value is -2.32. The molecule has 3 aromatic rings. The van der Waals surface area contributed by atoms with Crippen molar-refractivity contribution in [1.82, 2.24) is 19.6 Å². The van der Waals surface area contributed by atoms with Crippen LogP contribution in [0.4, 0.5) is 5.13 Å². The number of imidazole rings is 1. The molecule has 0 aliphatic heterocycles. The van der Waals surface area contributed by atoms with Crippen LogP contribution in [0.25, 0.3) is 5.65 Å². The Balaban J connectivity index is 1.81. The zero-order chi connectivity index (χ0) is 14.8. The van der Waals surface area contributed by atoms with Crippen molar-refractivity contribution in [2.45, 2.75) is 13.5 Å². The average Bonchev–Trinajstić information content (AvgIpc) is 3.07. The first-order chi connectivity index (χ1) is 10.2. The lowest BCUT2D eigenvalue weighted by atomic mass is 10.4. The Morgan fingerprint density at radius 2 is 2.29 bits per heavy atom. The highest BCUT2D eigenvalue weighted by atomic mass is 32.1. The third-order valence-electron chi connectivity index (χ3n) is 2.88. The zero-order valence-electron chi connectivity index (χ0n) is 11.5. The van der Waals surface area contributed by atoms with E-state index in [1.807, 2.05) is 29.5 Å². The summed E-state index contributed by atoms with van der Waals surface area (Å²) in [7, 11) is 1.58. The highest BCUT2D eigenvalue weighted by Crippen LogP contribution is 2.17. The fourth-order valence-electron chi connectivity index (χ4n) is 1.90. The number of ether oxygens (including phenoxy) is 1. The summed E-state index contributed by atoms with van der Waals surface area (Å²) in [5, 5.41) is 11.6. The minimum atomic E-state index is -0.307. The van der Waals surface area contributed by atoms with Gasteiger partial charge in [0, 0.05) is 19.0 Å². The van der Waals surface area contributed by atoms with Crippen LogP contribution in [0.2, 0.25) is 0 Å². The summed E-state index contributed by atoms with van der Waals surface area (Å²) in [5.74, 6) is -0.307.